The van der Waals surface area contributed by atoms with Gasteiger partial charge in [0.05, 0.1) is 17.2 Å². The van der Waals surface area contributed by atoms with Crippen molar-refractivity contribution in [3.05, 3.63) is 16.9 Å². The minimum atomic E-state index is 0.444. The molecule has 0 saturated heterocycles. The summed E-state index contributed by atoms with van der Waals surface area (Å²) in [5, 5.41) is 7.91. The first-order valence-electron chi connectivity index (χ1n) is 5.97. The van der Waals surface area contributed by atoms with Crippen LogP contribution < -0.4 is 5.32 Å². The summed E-state index contributed by atoms with van der Waals surface area (Å²) in [6, 6.07) is 1.04. The van der Waals surface area contributed by atoms with Crippen molar-refractivity contribution in [1.29, 1.82) is 0 Å². The van der Waals surface area contributed by atoms with Gasteiger partial charge in [0, 0.05) is 18.3 Å². The van der Waals surface area contributed by atoms with Crippen LogP contribution in [0.15, 0.2) is 16.9 Å². The van der Waals surface area contributed by atoms with E-state index in [9.17, 15) is 0 Å². The van der Waals surface area contributed by atoms with Gasteiger partial charge in [0.25, 0.3) is 0 Å². The average molecular weight is 288 g/mol. The van der Waals surface area contributed by atoms with Gasteiger partial charge in [0.1, 0.15) is 0 Å². The fourth-order valence-electron chi connectivity index (χ4n) is 1.92. The molecule has 1 heterocycles. The molecule has 0 bridgehead atoms. The molecule has 2 atom stereocenters. The van der Waals surface area contributed by atoms with Crippen molar-refractivity contribution in [3.8, 4) is 0 Å². The summed E-state index contributed by atoms with van der Waals surface area (Å²) in [6.45, 7) is 9.88. The summed E-state index contributed by atoms with van der Waals surface area (Å²) in [5.41, 5.74) is 0. The van der Waals surface area contributed by atoms with Crippen LogP contribution in [0.5, 0.6) is 0 Å². The monoisotopic (exact) mass is 287 g/mol. The molecule has 4 heteroatoms. The van der Waals surface area contributed by atoms with Crippen molar-refractivity contribution >= 4 is 15.9 Å². The second-order valence-electron chi connectivity index (χ2n) is 4.71. The molecule has 0 aliphatic heterocycles. The molecule has 1 rings (SSSR count). The van der Waals surface area contributed by atoms with E-state index >= 15 is 0 Å². The first-order chi connectivity index (χ1) is 7.52. The molecule has 0 aliphatic rings. The lowest BCUT2D eigenvalue weighted by Gasteiger charge is -2.25. The Bertz CT molecular complexity index is 309. The number of nitrogens with zero attached hydrogens (tertiary/aromatic N) is 2. The van der Waals surface area contributed by atoms with Crippen LogP contribution in [-0.2, 0) is 6.54 Å². The number of nitrogens with one attached hydrogen (secondary N) is 1. The number of hydrogen-bond acceptors (Lipinski definition) is 2. The Kier molecular flexibility index (Phi) is 5.49. The van der Waals surface area contributed by atoms with E-state index in [1.165, 1.54) is 6.42 Å². The van der Waals surface area contributed by atoms with Gasteiger partial charge in [0.2, 0.25) is 0 Å². The van der Waals surface area contributed by atoms with E-state index in [1.807, 2.05) is 17.1 Å². The summed E-state index contributed by atoms with van der Waals surface area (Å²) in [4.78, 5) is 0. The van der Waals surface area contributed by atoms with Crippen molar-refractivity contribution in [3.63, 3.8) is 0 Å². The van der Waals surface area contributed by atoms with Crippen LogP contribution in [0, 0.1) is 5.92 Å². The molecular formula is C12H22BrN3. The number of hydrogen-bond donors (Lipinski definition) is 1. The Balaban J connectivity index is 2.43. The molecule has 0 aromatic carbocycles. The highest BCUT2D eigenvalue weighted by atomic mass is 79.9. The third-order valence-electron chi connectivity index (χ3n) is 2.81. The van der Waals surface area contributed by atoms with Gasteiger partial charge in [-0.15, -0.1) is 0 Å². The maximum atomic E-state index is 4.26. The first-order valence-corrected chi connectivity index (χ1v) is 6.76. The van der Waals surface area contributed by atoms with E-state index in [0.717, 1.165) is 11.0 Å². The topological polar surface area (TPSA) is 29.9 Å². The molecule has 0 fully saturated rings. The van der Waals surface area contributed by atoms with Gasteiger partial charge in [-0.05, 0) is 35.2 Å². The van der Waals surface area contributed by atoms with E-state index < -0.39 is 0 Å². The SMILES string of the molecule is CCC(NC(C)Cn1cc(Br)cn1)C(C)C. The quantitative estimate of drug-likeness (QED) is 0.872. The van der Waals surface area contributed by atoms with Gasteiger partial charge in [-0.25, -0.2) is 0 Å². The molecule has 1 aromatic heterocycles. The minimum Gasteiger partial charge on any atom is -0.309 e. The third-order valence-corrected chi connectivity index (χ3v) is 3.22. The lowest BCUT2D eigenvalue weighted by atomic mass is 10.0. The third kappa shape index (κ3) is 4.26. The van der Waals surface area contributed by atoms with Gasteiger partial charge < -0.3 is 5.32 Å². The summed E-state index contributed by atoms with van der Waals surface area (Å²) in [7, 11) is 0. The molecule has 0 amide bonds. The van der Waals surface area contributed by atoms with E-state index in [4.69, 9.17) is 0 Å². The zero-order valence-corrected chi connectivity index (χ0v) is 12.2. The number of aromatic nitrogens is 2. The van der Waals surface area contributed by atoms with Crippen LogP contribution >= 0.6 is 15.9 Å². The maximum absolute atomic E-state index is 4.26. The lowest BCUT2D eigenvalue weighted by Crippen LogP contribution is -2.41. The second kappa shape index (κ2) is 6.40. The molecule has 16 heavy (non-hydrogen) atoms. The number of rotatable bonds is 6. The Labute approximate surface area is 107 Å². The normalized spacial score (nSPS) is 15.4. The zero-order chi connectivity index (χ0) is 12.1. The van der Waals surface area contributed by atoms with Crippen LogP contribution in [0.3, 0.4) is 0 Å². The highest BCUT2D eigenvalue weighted by Gasteiger charge is 2.14. The van der Waals surface area contributed by atoms with Crippen LogP contribution in [0.4, 0.5) is 0 Å². The highest BCUT2D eigenvalue weighted by Crippen LogP contribution is 2.09. The molecule has 1 N–H and O–H groups in total. The van der Waals surface area contributed by atoms with E-state index in [1.54, 1.807) is 0 Å². The van der Waals surface area contributed by atoms with Crippen molar-refractivity contribution < 1.29 is 0 Å². The first kappa shape index (κ1) is 13.7. The second-order valence-corrected chi connectivity index (χ2v) is 5.62. The van der Waals surface area contributed by atoms with Crippen molar-refractivity contribution in [2.45, 2.75) is 52.7 Å². The zero-order valence-electron chi connectivity index (χ0n) is 10.6. The molecule has 0 saturated carbocycles. The predicted molar refractivity (Wildman–Crippen MR) is 71.4 cm³/mol. The maximum Gasteiger partial charge on any atom is 0.0632 e. The van der Waals surface area contributed by atoms with Crippen LogP contribution in [-0.4, -0.2) is 21.9 Å². The average Bonchev–Trinajstić information content (AvgIpc) is 2.60. The Hall–Kier alpha value is -0.350. The lowest BCUT2D eigenvalue weighted by molar-refractivity contribution is 0.328. The Morgan fingerprint density at radius 1 is 1.44 bits per heavy atom. The van der Waals surface area contributed by atoms with E-state index in [2.05, 4.69) is 54.0 Å². The predicted octanol–water partition coefficient (Wildman–Crippen LogP) is 3.06. The van der Waals surface area contributed by atoms with Crippen molar-refractivity contribution in [2.75, 3.05) is 0 Å². The molecule has 3 nitrogen and oxygen atoms in total. The Morgan fingerprint density at radius 2 is 2.12 bits per heavy atom. The fourth-order valence-corrected chi connectivity index (χ4v) is 2.25. The van der Waals surface area contributed by atoms with Crippen LogP contribution in [0.2, 0.25) is 0 Å². The molecular weight excluding hydrogens is 266 g/mol. The standard InChI is InChI=1S/C12H22BrN3/c1-5-12(9(2)3)15-10(4)7-16-8-11(13)6-14-16/h6,8-10,12,15H,5,7H2,1-4H3. The van der Waals surface area contributed by atoms with Crippen LogP contribution in [0.25, 0.3) is 0 Å². The summed E-state index contributed by atoms with van der Waals surface area (Å²) < 4.78 is 3.00. The van der Waals surface area contributed by atoms with Gasteiger partial charge >= 0.3 is 0 Å². The molecule has 92 valence electrons. The van der Waals surface area contributed by atoms with E-state index in [0.29, 0.717) is 18.0 Å². The smallest absolute Gasteiger partial charge is 0.0632 e. The van der Waals surface area contributed by atoms with Crippen molar-refractivity contribution in [2.24, 2.45) is 5.92 Å². The van der Waals surface area contributed by atoms with Gasteiger partial charge in [-0.3, -0.25) is 4.68 Å². The minimum absolute atomic E-state index is 0.444. The Morgan fingerprint density at radius 3 is 2.56 bits per heavy atom. The molecule has 0 aliphatic carbocycles. The fraction of sp³-hybridized carbons (Fsp3) is 0.750. The van der Waals surface area contributed by atoms with Gasteiger partial charge in [0.15, 0.2) is 0 Å². The largest absolute Gasteiger partial charge is 0.309 e. The van der Waals surface area contributed by atoms with Gasteiger partial charge in [-0.2, -0.15) is 5.10 Å². The molecule has 0 radical (unpaired) electrons. The molecule has 1 aromatic rings. The summed E-state index contributed by atoms with van der Waals surface area (Å²) >= 11 is 3.41. The van der Waals surface area contributed by atoms with Crippen LogP contribution in [0.1, 0.15) is 34.1 Å². The summed E-state index contributed by atoms with van der Waals surface area (Å²) in [6.07, 6.45) is 5.01. The number of halogens is 1. The van der Waals surface area contributed by atoms with E-state index in [-0.39, 0.29) is 0 Å². The highest BCUT2D eigenvalue weighted by molar-refractivity contribution is 9.10. The summed E-state index contributed by atoms with van der Waals surface area (Å²) in [5.74, 6) is 0.678. The molecule has 0 spiro atoms. The van der Waals surface area contributed by atoms with Gasteiger partial charge in [-0.1, -0.05) is 20.8 Å². The van der Waals surface area contributed by atoms with Crippen molar-refractivity contribution in [1.82, 2.24) is 15.1 Å². The molecule has 2 unspecified atom stereocenters.